The van der Waals surface area contributed by atoms with Gasteiger partial charge in [0.15, 0.2) is 0 Å². The molecule has 0 aromatic rings. The molecule has 0 spiro atoms. The Bertz CT molecular complexity index is 291. The van der Waals surface area contributed by atoms with Crippen molar-refractivity contribution in [2.75, 3.05) is 52.4 Å². The third-order valence-corrected chi connectivity index (χ3v) is 5.76. The van der Waals surface area contributed by atoms with Crippen molar-refractivity contribution >= 4 is 0 Å². The number of hydrogen-bond donors (Lipinski definition) is 2. The van der Waals surface area contributed by atoms with Crippen LogP contribution in [-0.2, 0) is 0 Å². The molecule has 0 radical (unpaired) electrons. The van der Waals surface area contributed by atoms with E-state index in [-0.39, 0.29) is 6.10 Å². The van der Waals surface area contributed by atoms with Gasteiger partial charge in [-0.1, -0.05) is 13.8 Å². The number of hydrogen-bond acceptors (Lipinski definition) is 4. The van der Waals surface area contributed by atoms with Crippen LogP contribution in [0.3, 0.4) is 0 Å². The molecule has 3 rings (SSSR count). The maximum atomic E-state index is 9.59. The molecule has 3 aliphatic rings. The van der Waals surface area contributed by atoms with Crippen molar-refractivity contribution in [1.29, 1.82) is 0 Å². The van der Waals surface area contributed by atoms with Gasteiger partial charge in [0.2, 0.25) is 0 Å². The van der Waals surface area contributed by atoms with Gasteiger partial charge in [0.1, 0.15) is 0 Å². The molecule has 3 heterocycles. The number of aliphatic hydroxyl groups is 1. The fraction of sp³-hybridized carbons (Fsp3) is 1.00. The Kier molecular flexibility index (Phi) is 8.88. The molecular weight excluding hydrogens is 286 g/mol. The van der Waals surface area contributed by atoms with Crippen LogP contribution in [0.2, 0.25) is 0 Å². The van der Waals surface area contributed by atoms with Crippen LogP contribution in [0.1, 0.15) is 52.4 Å². The summed E-state index contributed by atoms with van der Waals surface area (Å²) >= 11 is 0. The number of piperidine rings is 3. The van der Waals surface area contributed by atoms with E-state index in [1.54, 1.807) is 0 Å². The van der Waals surface area contributed by atoms with Crippen molar-refractivity contribution in [3.05, 3.63) is 0 Å². The third kappa shape index (κ3) is 6.69. The van der Waals surface area contributed by atoms with Crippen molar-refractivity contribution in [3.8, 4) is 0 Å². The van der Waals surface area contributed by atoms with E-state index < -0.39 is 0 Å². The molecule has 3 fully saturated rings. The van der Waals surface area contributed by atoms with Gasteiger partial charge in [-0.05, 0) is 76.5 Å². The lowest BCUT2D eigenvalue weighted by atomic mass is 9.92. The van der Waals surface area contributed by atoms with Crippen molar-refractivity contribution in [1.82, 2.24) is 15.1 Å². The standard InChI is InChI=1S/C17H33N3O.C2H6/c21-17-5-11-20(12-6-17)14-16-3-9-19(10-4-16)13-15-1-7-18-8-2-15;1-2/h15-18,21H,1-14H2;1-2H3. The molecule has 0 bridgehead atoms. The van der Waals surface area contributed by atoms with Crippen LogP contribution in [-0.4, -0.2) is 73.4 Å². The molecular formula is C19H39N3O. The zero-order valence-electron chi connectivity index (χ0n) is 15.5. The van der Waals surface area contributed by atoms with Crippen LogP contribution in [0.15, 0.2) is 0 Å². The van der Waals surface area contributed by atoms with Crippen LogP contribution in [0, 0.1) is 11.8 Å². The van der Waals surface area contributed by atoms with Crippen LogP contribution >= 0.6 is 0 Å². The van der Waals surface area contributed by atoms with Gasteiger partial charge in [-0.3, -0.25) is 0 Å². The molecule has 0 amide bonds. The fourth-order valence-corrected chi connectivity index (χ4v) is 4.25. The molecule has 0 aliphatic carbocycles. The van der Waals surface area contributed by atoms with Crippen molar-refractivity contribution in [3.63, 3.8) is 0 Å². The van der Waals surface area contributed by atoms with Gasteiger partial charge in [-0.2, -0.15) is 0 Å². The summed E-state index contributed by atoms with van der Waals surface area (Å²) in [7, 11) is 0. The van der Waals surface area contributed by atoms with Crippen molar-refractivity contribution < 1.29 is 5.11 Å². The smallest absolute Gasteiger partial charge is 0.0564 e. The minimum Gasteiger partial charge on any atom is -0.393 e. The minimum atomic E-state index is -0.0342. The van der Waals surface area contributed by atoms with Gasteiger partial charge in [0.05, 0.1) is 6.10 Å². The first kappa shape index (κ1) is 19.2. The van der Waals surface area contributed by atoms with E-state index in [1.165, 1.54) is 65.0 Å². The molecule has 3 saturated heterocycles. The summed E-state index contributed by atoms with van der Waals surface area (Å²) in [6.45, 7) is 13.9. The van der Waals surface area contributed by atoms with Gasteiger partial charge < -0.3 is 20.2 Å². The zero-order valence-corrected chi connectivity index (χ0v) is 15.5. The highest BCUT2D eigenvalue weighted by Crippen LogP contribution is 2.22. The lowest BCUT2D eigenvalue weighted by Crippen LogP contribution is -2.44. The largest absolute Gasteiger partial charge is 0.393 e. The summed E-state index contributed by atoms with van der Waals surface area (Å²) in [6, 6.07) is 0. The molecule has 0 unspecified atom stereocenters. The summed E-state index contributed by atoms with van der Waals surface area (Å²) in [5.41, 5.74) is 0. The van der Waals surface area contributed by atoms with E-state index in [2.05, 4.69) is 15.1 Å². The van der Waals surface area contributed by atoms with Gasteiger partial charge in [0.25, 0.3) is 0 Å². The molecule has 0 aromatic carbocycles. The van der Waals surface area contributed by atoms with Crippen LogP contribution in [0.5, 0.6) is 0 Å². The zero-order chi connectivity index (χ0) is 16.5. The van der Waals surface area contributed by atoms with E-state index >= 15 is 0 Å². The Hall–Kier alpha value is -0.160. The van der Waals surface area contributed by atoms with Crippen LogP contribution < -0.4 is 5.32 Å². The Morgan fingerprint density at radius 1 is 0.739 bits per heavy atom. The third-order valence-electron chi connectivity index (χ3n) is 5.76. The van der Waals surface area contributed by atoms with E-state index in [0.29, 0.717) is 0 Å². The normalized spacial score (nSPS) is 26.7. The van der Waals surface area contributed by atoms with E-state index in [9.17, 15) is 5.11 Å². The maximum Gasteiger partial charge on any atom is 0.0564 e. The van der Waals surface area contributed by atoms with Crippen LogP contribution in [0.25, 0.3) is 0 Å². The molecule has 3 aliphatic heterocycles. The summed E-state index contributed by atoms with van der Waals surface area (Å²) in [4.78, 5) is 5.30. The average Bonchev–Trinajstić information content (AvgIpc) is 2.61. The first-order valence-corrected chi connectivity index (χ1v) is 10.1. The number of rotatable bonds is 4. The fourth-order valence-electron chi connectivity index (χ4n) is 4.25. The Balaban J connectivity index is 0.000000924. The minimum absolute atomic E-state index is 0.0342. The summed E-state index contributed by atoms with van der Waals surface area (Å²) in [6.07, 6.45) is 7.43. The molecule has 4 nitrogen and oxygen atoms in total. The molecule has 4 heteroatoms. The van der Waals surface area contributed by atoms with E-state index in [0.717, 1.165) is 37.8 Å². The van der Waals surface area contributed by atoms with Crippen molar-refractivity contribution in [2.45, 2.75) is 58.5 Å². The van der Waals surface area contributed by atoms with Gasteiger partial charge in [-0.25, -0.2) is 0 Å². The highest BCUT2D eigenvalue weighted by atomic mass is 16.3. The summed E-state index contributed by atoms with van der Waals surface area (Å²) in [5.74, 6) is 1.83. The van der Waals surface area contributed by atoms with Crippen molar-refractivity contribution in [2.24, 2.45) is 11.8 Å². The Morgan fingerprint density at radius 2 is 1.17 bits per heavy atom. The Labute approximate surface area is 143 Å². The number of nitrogens with one attached hydrogen (secondary N) is 1. The monoisotopic (exact) mass is 325 g/mol. The number of likely N-dealkylation sites (tertiary alicyclic amines) is 2. The number of nitrogens with zero attached hydrogens (tertiary/aromatic N) is 2. The number of aliphatic hydroxyl groups excluding tert-OH is 1. The first-order chi connectivity index (χ1) is 11.3. The lowest BCUT2D eigenvalue weighted by molar-refractivity contribution is 0.0629. The lowest BCUT2D eigenvalue weighted by Gasteiger charge is -2.38. The maximum absolute atomic E-state index is 9.59. The molecule has 2 N–H and O–H groups in total. The molecule has 0 atom stereocenters. The summed E-state index contributed by atoms with van der Waals surface area (Å²) < 4.78 is 0. The first-order valence-electron chi connectivity index (χ1n) is 10.1. The second kappa shape index (κ2) is 10.7. The predicted octanol–water partition coefficient (Wildman–Crippen LogP) is 2.18. The Morgan fingerprint density at radius 3 is 1.70 bits per heavy atom. The topological polar surface area (TPSA) is 38.7 Å². The quantitative estimate of drug-likeness (QED) is 0.831. The predicted molar refractivity (Wildman–Crippen MR) is 97.8 cm³/mol. The van der Waals surface area contributed by atoms with Gasteiger partial charge in [-0.15, -0.1) is 0 Å². The molecule has 23 heavy (non-hydrogen) atoms. The summed E-state index contributed by atoms with van der Waals surface area (Å²) in [5, 5.41) is 13.1. The molecule has 0 saturated carbocycles. The molecule has 0 aromatic heterocycles. The second-order valence-electron chi connectivity index (χ2n) is 7.47. The van der Waals surface area contributed by atoms with Crippen LogP contribution in [0.4, 0.5) is 0 Å². The van der Waals surface area contributed by atoms with Gasteiger partial charge in [0, 0.05) is 26.2 Å². The second-order valence-corrected chi connectivity index (χ2v) is 7.47. The average molecular weight is 326 g/mol. The van der Waals surface area contributed by atoms with E-state index in [4.69, 9.17) is 0 Å². The highest BCUT2D eigenvalue weighted by molar-refractivity contribution is 4.80. The van der Waals surface area contributed by atoms with Gasteiger partial charge >= 0.3 is 0 Å². The SMILES string of the molecule is CC.OC1CCN(CC2CCN(CC3CCNCC3)CC2)CC1. The highest BCUT2D eigenvalue weighted by Gasteiger charge is 2.25. The van der Waals surface area contributed by atoms with E-state index in [1.807, 2.05) is 13.8 Å². The molecule has 136 valence electrons.